The van der Waals surface area contributed by atoms with Gasteiger partial charge in [-0.05, 0) is 47.5 Å². The van der Waals surface area contributed by atoms with Gasteiger partial charge in [0.15, 0.2) is 11.5 Å². The Bertz CT molecular complexity index is 2050. The lowest BCUT2D eigenvalue weighted by molar-refractivity contribution is 0.296. The molecule has 0 spiro atoms. The molecule has 0 saturated carbocycles. The van der Waals surface area contributed by atoms with Crippen molar-refractivity contribution in [3.8, 4) is 23.2 Å². The number of aromatic nitrogens is 6. The van der Waals surface area contributed by atoms with Crippen LogP contribution in [0.4, 0.5) is 0 Å². The Balaban J connectivity index is 1.22. The lowest BCUT2D eigenvalue weighted by Gasteiger charge is -2.26. The van der Waals surface area contributed by atoms with Crippen molar-refractivity contribution in [2.24, 2.45) is 0 Å². The Morgan fingerprint density at radius 3 is 2.39 bits per heavy atom. The third-order valence-electron chi connectivity index (χ3n) is 7.49. The Morgan fingerprint density at radius 1 is 0.805 bits per heavy atom. The lowest BCUT2D eigenvalue weighted by Crippen LogP contribution is -2.16. The summed E-state index contributed by atoms with van der Waals surface area (Å²) in [5.41, 5.74) is 5.42. The summed E-state index contributed by atoms with van der Waals surface area (Å²) < 4.78 is 16.2. The van der Waals surface area contributed by atoms with Crippen LogP contribution < -0.4 is 9.47 Å². The molecule has 0 unspecified atom stereocenters. The van der Waals surface area contributed by atoms with Gasteiger partial charge in [-0.25, -0.2) is 19.2 Å². The number of hydrogen-bond acceptors (Lipinski definition) is 6. The van der Waals surface area contributed by atoms with Crippen LogP contribution in [0, 0.1) is 6.92 Å². The molecule has 1 aliphatic rings. The van der Waals surface area contributed by atoms with E-state index in [-0.39, 0.29) is 12.5 Å². The number of rotatable bonds is 5. The highest BCUT2D eigenvalue weighted by Gasteiger charge is 2.38. The molecule has 8 nitrogen and oxygen atoms in total. The van der Waals surface area contributed by atoms with Crippen molar-refractivity contribution < 1.29 is 9.47 Å². The minimum atomic E-state index is -0.193. The second kappa shape index (κ2) is 9.31. The van der Waals surface area contributed by atoms with Gasteiger partial charge in [-0.2, -0.15) is 5.10 Å². The van der Waals surface area contributed by atoms with Crippen LogP contribution in [0.3, 0.4) is 0 Å². The first-order valence-corrected chi connectivity index (χ1v) is 13.5. The fraction of sp³-hybridized carbons (Fsp3) is 0.0909. The molecule has 198 valence electrons. The summed E-state index contributed by atoms with van der Waals surface area (Å²) in [5.74, 6) is 2.28. The van der Waals surface area contributed by atoms with E-state index in [1.807, 2.05) is 84.4 Å². The van der Waals surface area contributed by atoms with E-state index in [4.69, 9.17) is 24.7 Å². The van der Waals surface area contributed by atoms with Gasteiger partial charge in [0.05, 0.1) is 28.4 Å². The average Bonchev–Trinajstić information content (AvgIpc) is 3.60. The first kappa shape index (κ1) is 23.4. The quantitative estimate of drug-likeness (QED) is 0.245. The van der Waals surface area contributed by atoms with Crippen LogP contribution in [0.5, 0.6) is 17.5 Å². The highest BCUT2D eigenvalue weighted by molar-refractivity contribution is 5.83. The van der Waals surface area contributed by atoms with Gasteiger partial charge in [0.25, 0.3) is 0 Å². The maximum atomic E-state index is 6.50. The molecule has 3 aromatic heterocycles. The molecule has 4 heterocycles. The topological polar surface area (TPSA) is 79.4 Å². The first-order valence-electron chi connectivity index (χ1n) is 13.5. The van der Waals surface area contributed by atoms with Crippen molar-refractivity contribution >= 4 is 16.4 Å². The van der Waals surface area contributed by atoms with E-state index in [0.29, 0.717) is 23.2 Å². The van der Waals surface area contributed by atoms with Crippen LogP contribution in [0.2, 0.25) is 0 Å². The van der Waals surface area contributed by atoms with Crippen molar-refractivity contribution in [1.82, 2.24) is 29.4 Å². The van der Waals surface area contributed by atoms with Crippen molar-refractivity contribution in [1.29, 1.82) is 0 Å². The Hall–Kier alpha value is -5.50. The van der Waals surface area contributed by atoms with E-state index < -0.39 is 0 Å². The molecule has 7 aromatic rings. The predicted molar refractivity (Wildman–Crippen MR) is 155 cm³/mol. The summed E-state index contributed by atoms with van der Waals surface area (Å²) in [7, 11) is 0. The third kappa shape index (κ3) is 3.91. The van der Waals surface area contributed by atoms with Gasteiger partial charge >= 0.3 is 0 Å². The minimum Gasteiger partial charge on any atom is -0.486 e. The largest absolute Gasteiger partial charge is 0.486 e. The summed E-state index contributed by atoms with van der Waals surface area (Å²) in [6.45, 7) is 2.24. The first-order chi connectivity index (χ1) is 20.2. The molecule has 0 N–H and O–H groups in total. The smallest absolute Gasteiger partial charge is 0.230 e. The van der Waals surface area contributed by atoms with E-state index in [9.17, 15) is 0 Å². The lowest BCUT2D eigenvalue weighted by atomic mass is 9.84. The number of para-hydroxylation sites is 1. The van der Waals surface area contributed by atoms with Gasteiger partial charge in [0.2, 0.25) is 11.8 Å². The number of fused-ring (bicyclic) bond motifs is 5. The molecule has 0 radical (unpaired) electrons. The van der Waals surface area contributed by atoms with Gasteiger partial charge in [-0.3, -0.25) is 0 Å². The molecule has 8 rings (SSSR count). The van der Waals surface area contributed by atoms with Crippen molar-refractivity contribution in [3.63, 3.8) is 0 Å². The summed E-state index contributed by atoms with van der Waals surface area (Å²) in [6, 6.07) is 34.6. The summed E-state index contributed by atoms with van der Waals surface area (Å²) in [4.78, 5) is 9.61. The van der Waals surface area contributed by atoms with Gasteiger partial charge in [0, 0.05) is 0 Å². The molecule has 1 aliphatic heterocycles. The van der Waals surface area contributed by atoms with Crippen LogP contribution in [-0.2, 0) is 6.61 Å². The van der Waals surface area contributed by atoms with Crippen molar-refractivity contribution in [2.75, 3.05) is 0 Å². The molecule has 0 saturated heterocycles. The molecular formula is C33H24N6O2. The third-order valence-corrected chi connectivity index (χ3v) is 7.49. The van der Waals surface area contributed by atoms with E-state index in [1.165, 1.54) is 5.39 Å². The molecule has 8 heteroatoms. The fourth-order valence-electron chi connectivity index (χ4n) is 5.61. The van der Waals surface area contributed by atoms with Crippen molar-refractivity contribution in [3.05, 3.63) is 138 Å². The van der Waals surface area contributed by atoms with Crippen LogP contribution in [0.15, 0.2) is 109 Å². The van der Waals surface area contributed by atoms with Gasteiger partial charge in [-0.1, -0.05) is 78.9 Å². The van der Waals surface area contributed by atoms with Crippen LogP contribution >= 0.6 is 0 Å². The highest BCUT2D eigenvalue weighted by atomic mass is 16.5. The zero-order chi connectivity index (χ0) is 27.3. The normalized spacial score (nSPS) is 14.0. The van der Waals surface area contributed by atoms with E-state index in [2.05, 4.69) is 35.3 Å². The van der Waals surface area contributed by atoms with Gasteiger partial charge < -0.3 is 9.47 Å². The predicted octanol–water partition coefficient (Wildman–Crippen LogP) is 6.64. The maximum Gasteiger partial charge on any atom is 0.230 e. The van der Waals surface area contributed by atoms with Gasteiger partial charge in [-0.15, -0.1) is 5.10 Å². The average molecular weight is 537 g/mol. The molecule has 4 aromatic carbocycles. The number of benzene rings is 4. The summed E-state index contributed by atoms with van der Waals surface area (Å²) in [6.07, 6.45) is 1.64. The second-order valence-electron chi connectivity index (χ2n) is 10.1. The van der Waals surface area contributed by atoms with Gasteiger partial charge in [0.1, 0.15) is 18.7 Å². The van der Waals surface area contributed by atoms with E-state index in [1.54, 1.807) is 10.8 Å². The van der Waals surface area contributed by atoms with Crippen LogP contribution in [-0.4, -0.2) is 29.4 Å². The standard InChI is InChI=1S/C33H24N6O2/c1-21-28-29(23-11-4-2-5-12-23)30-31-35-27(19-40-26-17-16-22-10-8-9-13-24(22)18-26)37-38(31)20-34-32(30)41-33(28)39(36-21)25-14-6-3-7-15-25/h2-18,20,29H,19H2,1H3/t29-/m1/s1. The SMILES string of the molecule is Cc1nn(-c2ccccc2)c2c1[C@@H](c1ccccc1)c1c(ncn3nc(COc4ccc5ccccc5c4)nc13)O2. The molecular weight excluding hydrogens is 512 g/mol. The molecule has 0 fully saturated rings. The zero-order valence-electron chi connectivity index (χ0n) is 22.2. The number of ether oxygens (including phenoxy) is 2. The minimum absolute atomic E-state index is 0.193. The Labute approximate surface area is 235 Å². The molecule has 0 amide bonds. The summed E-state index contributed by atoms with van der Waals surface area (Å²) >= 11 is 0. The monoisotopic (exact) mass is 536 g/mol. The fourth-order valence-corrected chi connectivity index (χ4v) is 5.61. The van der Waals surface area contributed by atoms with Crippen molar-refractivity contribution in [2.45, 2.75) is 19.4 Å². The van der Waals surface area contributed by atoms with Crippen LogP contribution in [0.25, 0.3) is 22.1 Å². The van der Waals surface area contributed by atoms with E-state index in [0.717, 1.165) is 39.2 Å². The Kier molecular flexibility index (Phi) is 5.31. The van der Waals surface area contributed by atoms with Crippen LogP contribution in [0.1, 0.15) is 34.1 Å². The number of aryl methyl sites for hydroxylation is 1. The zero-order valence-corrected chi connectivity index (χ0v) is 22.2. The molecule has 41 heavy (non-hydrogen) atoms. The second-order valence-corrected chi connectivity index (χ2v) is 10.1. The summed E-state index contributed by atoms with van der Waals surface area (Å²) in [5, 5.41) is 11.9. The number of nitrogens with zero attached hydrogens (tertiary/aromatic N) is 6. The number of hydrogen-bond donors (Lipinski definition) is 0. The molecule has 0 bridgehead atoms. The molecule has 0 aliphatic carbocycles. The maximum absolute atomic E-state index is 6.50. The van der Waals surface area contributed by atoms with E-state index >= 15 is 0 Å². The highest BCUT2D eigenvalue weighted by Crippen LogP contribution is 2.49. The molecule has 1 atom stereocenters. The Morgan fingerprint density at radius 2 is 1.56 bits per heavy atom.